The van der Waals surface area contributed by atoms with Gasteiger partial charge in [0, 0.05) is 24.8 Å². The van der Waals surface area contributed by atoms with E-state index >= 15 is 0 Å². The van der Waals surface area contributed by atoms with Crippen LogP contribution in [0.1, 0.15) is 18.1 Å². The molecule has 1 aromatic heterocycles. The van der Waals surface area contributed by atoms with E-state index in [-0.39, 0.29) is 6.04 Å². The summed E-state index contributed by atoms with van der Waals surface area (Å²) in [5.74, 6) is 0. The third-order valence-corrected chi connectivity index (χ3v) is 2.88. The van der Waals surface area contributed by atoms with E-state index < -0.39 is 0 Å². The molecule has 2 rings (SSSR count). The normalized spacial score (nSPS) is 13.3. The zero-order valence-corrected chi connectivity index (χ0v) is 9.62. The molecular weight excluding hydrogens is 184 g/mol. The van der Waals surface area contributed by atoms with Crippen LogP contribution in [0.5, 0.6) is 0 Å². The number of aryl methyl sites for hydroxylation is 2. The largest absolute Gasteiger partial charge is 0.351 e. The topological polar surface area (TPSA) is 30.9 Å². The minimum Gasteiger partial charge on any atom is -0.351 e. The van der Waals surface area contributed by atoms with E-state index in [1.165, 1.54) is 22.0 Å². The summed E-state index contributed by atoms with van der Waals surface area (Å²) in [6.45, 7) is 4.21. The number of rotatable bonds is 2. The smallest absolute Gasteiger partial charge is 0.0480 e. The fraction of sp³-hybridized carbons (Fsp3) is 0.385. The molecule has 0 bridgehead atoms. The molecule has 15 heavy (non-hydrogen) atoms. The van der Waals surface area contributed by atoms with Crippen LogP contribution in [0.15, 0.2) is 24.4 Å². The Kier molecular flexibility index (Phi) is 2.53. The summed E-state index contributed by atoms with van der Waals surface area (Å²) < 4.78 is 2.15. The lowest BCUT2D eigenvalue weighted by Crippen LogP contribution is -2.18. The molecule has 2 heteroatoms. The summed E-state index contributed by atoms with van der Waals surface area (Å²) in [4.78, 5) is 0. The number of hydrogen-bond donors (Lipinski definition) is 1. The molecule has 2 aromatic rings. The van der Waals surface area contributed by atoms with Gasteiger partial charge in [0.2, 0.25) is 0 Å². The van der Waals surface area contributed by atoms with Crippen LogP contribution >= 0.6 is 0 Å². The average molecular weight is 202 g/mol. The minimum atomic E-state index is 0.224. The van der Waals surface area contributed by atoms with E-state index in [1.807, 2.05) is 0 Å². The van der Waals surface area contributed by atoms with Crippen LogP contribution in [0, 0.1) is 6.92 Å². The van der Waals surface area contributed by atoms with Gasteiger partial charge in [0.25, 0.3) is 0 Å². The molecule has 2 N–H and O–H groups in total. The van der Waals surface area contributed by atoms with Crippen molar-refractivity contribution in [2.24, 2.45) is 12.8 Å². The van der Waals surface area contributed by atoms with Crippen molar-refractivity contribution in [1.29, 1.82) is 0 Å². The maximum absolute atomic E-state index is 5.84. The summed E-state index contributed by atoms with van der Waals surface area (Å²) in [6, 6.07) is 6.88. The van der Waals surface area contributed by atoms with Crippen LogP contribution in [0.3, 0.4) is 0 Å². The maximum Gasteiger partial charge on any atom is 0.0480 e. The Hall–Kier alpha value is -1.28. The van der Waals surface area contributed by atoms with Gasteiger partial charge in [-0.05, 0) is 55.0 Å². The molecule has 0 aliphatic heterocycles. The van der Waals surface area contributed by atoms with Crippen molar-refractivity contribution >= 4 is 10.9 Å². The van der Waals surface area contributed by atoms with E-state index in [9.17, 15) is 0 Å². The van der Waals surface area contributed by atoms with Gasteiger partial charge in [-0.3, -0.25) is 0 Å². The summed E-state index contributed by atoms with van der Waals surface area (Å²) in [5.41, 5.74) is 9.83. The fourth-order valence-electron chi connectivity index (χ4n) is 2.04. The zero-order valence-electron chi connectivity index (χ0n) is 9.62. The van der Waals surface area contributed by atoms with Gasteiger partial charge in [0.05, 0.1) is 0 Å². The Balaban J connectivity index is 2.54. The van der Waals surface area contributed by atoms with Crippen LogP contribution in [0.2, 0.25) is 0 Å². The molecule has 1 heterocycles. The molecular formula is C13H18N2. The molecule has 1 unspecified atom stereocenters. The van der Waals surface area contributed by atoms with Gasteiger partial charge < -0.3 is 10.3 Å². The predicted molar refractivity (Wildman–Crippen MR) is 65.0 cm³/mol. The van der Waals surface area contributed by atoms with Crippen molar-refractivity contribution in [2.75, 3.05) is 0 Å². The fourth-order valence-corrected chi connectivity index (χ4v) is 2.04. The standard InChI is InChI=1S/C13H18N2/c1-9-6-11-4-5-15(3)13(11)8-12(9)7-10(2)14/h4-6,8,10H,7,14H2,1-3H3. The number of aromatic nitrogens is 1. The first-order valence-electron chi connectivity index (χ1n) is 5.38. The van der Waals surface area contributed by atoms with E-state index in [4.69, 9.17) is 5.73 Å². The molecule has 0 fully saturated rings. The Bertz CT molecular complexity index is 480. The number of benzene rings is 1. The van der Waals surface area contributed by atoms with Gasteiger partial charge in [0.1, 0.15) is 0 Å². The molecule has 0 aliphatic carbocycles. The Morgan fingerprint density at radius 3 is 2.80 bits per heavy atom. The lowest BCUT2D eigenvalue weighted by atomic mass is 10.0. The highest BCUT2D eigenvalue weighted by Crippen LogP contribution is 2.21. The molecule has 0 amide bonds. The van der Waals surface area contributed by atoms with Crippen molar-refractivity contribution in [3.63, 3.8) is 0 Å². The average Bonchev–Trinajstić information content (AvgIpc) is 2.48. The van der Waals surface area contributed by atoms with Crippen LogP contribution in [0.25, 0.3) is 10.9 Å². The Labute approximate surface area is 90.7 Å². The van der Waals surface area contributed by atoms with Gasteiger partial charge in [-0.1, -0.05) is 0 Å². The first-order chi connectivity index (χ1) is 7.08. The Morgan fingerprint density at radius 1 is 1.40 bits per heavy atom. The molecule has 0 aliphatic rings. The molecule has 2 nitrogen and oxygen atoms in total. The van der Waals surface area contributed by atoms with Crippen LogP contribution in [-0.4, -0.2) is 10.6 Å². The second kappa shape index (κ2) is 3.70. The molecule has 0 spiro atoms. The monoisotopic (exact) mass is 202 g/mol. The second-order valence-electron chi connectivity index (χ2n) is 4.45. The summed E-state index contributed by atoms with van der Waals surface area (Å²) in [6.07, 6.45) is 3.05. The maximum atomic E-state index is 5.84. The SMILES string of the molecule is Cc1cc2ccn(C)c2cc1CC(C)N. The number of fused-ring (bicyclic) bond motifs is 1. The van der Waals surface area contributed by atoms with E-state index in [0.29, 0.717) is 0 Å². The molecule has 1 atom stereocenters. The summed E-state index contributed by atoms with van der Waals surface area (Å²) >= 11 is 0. The zero-order chi connectivity index (χ0) is 11.0. The van der Waals surface area contributed by atoms with Crippen LogP contribution in [0.4, 0.5) is 0 Å². The highest BCUT2D eigenvalue weighted by molar-refractivity contribution is 5.81. The molecule has 0 saturated carbocycles. The van der Waals surface area contributed by atoms with Gasteiger partial charge in [0.15, 0.2) is 0 Å². The molecule has 1 aromatic carbocycles. The number of hydrogen-bond acceptors (Lipinski definition) is 1. The second-order valence-corrected chi connectivity index (χ2v) is 4.45. The lowest BCUT2D eigenvalue weighted by Gasteiger charge is -2.09. The molecule has 80 valence electrons. The number of nitrogens with zero attached hydrogens (tertiary/aromatic N) is 1. The van der Waals surface area contributed by atoms with Crippen molar-refractivity contribution in [1.82, 2.24) is 4.57 Å². The first-order valence-corrected chi connectivity index (χ1v) is 5.38. The van der Waals surface area contributed by atoms with Crippen LogP contribution in [-0.2, 0) is 13.5 Å². The molecule has 0 saturated heterocycles. The number of nitrogens with two attached hydrogens (primary N) is 1. The minimum absolute atomic E-state index is 0.224. The quantitative estimate of drug-likeness (QED) is 0.796. The van der Waals surface area contributed by atoms with Gasteiger partial charge >= 0.3 is 0 Å². The summed E-state index contributed by atoms with van der Waals surface area (Å²) in [7, 11) is 2.08. The summed E-state index contributed by atoms with van der Waals surface area (Å²) in [5, 5.41) is 1.31. The van der Waals surface area contributed by atoms with Gasteiger partial charge in [-0.2, -0.15) is 0 Å². The highest BCUT2D eigenvalue weighted by Gasteiger charge is 2.05. The third-order valence-electron chi connectivity index (χ3n) is 2.88. The van der Waals surface area contributed by atoms with Crippen molar-refractivity contribution in [3.8, 4) is 0 Å². The lowest BCUT2D eigenvalue weighted by molar-refractivity contribution is 0.735. The first kappa shape index (κ1) is 10.2. The third kappa shape index (κ3) is 1.90. The van der Waals surface area contributed by atoms with Crippen molar-refractivity contribution < 1.29 is 0 Å². The van der Waals surface area contributed by atoms with E-state index in [1.54, 1.807) is 0 Å². The van der Waals surface area contributed by atoms with Crippen LogP contribution < -0.4 is 5.73 Å². The highest BCUT2D eigenvalue weighted by atomic mass is 14.9. The Morgan fingerprint density at radius 2 is 2.13 bits per heavy atom. The van der Waals surface area contributed by atoms with E-state index in [2.05, 4.69) is 49.9 Å². The molecule has 0 radical (unpaired) electrons. The van der Waals surface area contributed by atoms with Crippen molar-refractivity contribution in [3.05, 3.63) is 35.5 Å². The predicted octanol–water partition coefficient (Wildman–Crippen LogP) is 2.38. The van der Waals surface area contributed by atoms with Crippen molar-refractivity contribution in [2.45, 2.75) is 26.3 Å². The van der Waals surface area contributed by atoms with Gasteiger partial charge in [-0.25, -0.2) is 0 Å². The van der Waals surface area contributed by atoms with Gasteiger partial charge in [-0.15, -0.1) is 0 Å². The van der Waals surface area contributed by atoms with E-state index in [0.717, 1.165) is 6.42 Å².